The van der Waals surface area contributed by atoms with Crippen LogP contribution in [-0.4, -0.2) is 21.5 Å². The van der Waals surface area contributed by atoms with Crippen LogP contribution in [0.5, 0.6) is 0 Å². The van der Waals surface area contributed by atoms with Crippen LogP contribution in [0.2, 0.25) is 0 Å². The Balaban J connectivity index is 1.11. The number of aromatic nitrogens is 2. The molecule has 0 atom stereocenters. The summed E-state index contributed by atoms with van der Waals surface area (Å²) in [4.78, 5) is 10.2. The normalized spacial score (nSPS) is 12.0. The van der Waals surface area contributed by atoms with Gasteiger partial charge in [-0.1, -0.05) is 158 Å². The number of hydrogen-bond donors (Lipinski definition) is 3. The van der Waals surface area contributed by atoms with Crippen LogP contribution in [0.1, 0.15) is 11.1 Å². The number of benzene rings is 7. The standard InChI is InChI=1S/C53H40N6/c1-36(56-43-21-9-4-10-22-43)49(35-54)58-53(40-18-7-3-8-19-40)52(55)39-30-28-37(29-31-39)42-33-47(38-16-5-2-6-17-38)57-48(34-42)41-20-15-23-44(32-41)59-50-26-13-11-24-45(50)46-25-12-14-27-51(46)59/h2-35,54,56H,1,55H2/b53-52-,54-35?,58-49-. The molecule has 2 heterocycles. The van der Waals surface area contributed by atoms with Crippen molar-refractivity contribution >= 4 is 50.8 Å². The van der Waals surface area contributed by atoms with Gasteiger partial charge in [0.25, 0.3) is 0 Å². The highest BCUT2D eigenvalue weighted by molar-refractivity contribution is 6.38. The maximum Gasteiger partial charge on any atom is 0.104 e. The summed E-state index contributed by atoms with van der Waals surface area (Å²) >= 11 is 0. The van der Waals surface area contributed by atoms with E-state index in [0.717, 1.165) is 67.2 Å². The number of nitrogens with zero attached hydrogens (tertiary/aromatic N) is 3. The molecule has 0 bridgehead atoms. The molecule has 6 nitrogen and oxygen atoms in total. The van der Waals surface area contributed by atoms with Gasteiger partial charge in [-0.05, 0) is 65.2 Å². The number of hydrogen-bond acceptors (Lipinski definition) is 5. The van der Waals surface area contributed by atoms with Gasteiger partial charge >= 0.3 is 0 Å². The first-order valence-corrected chi connectivity index (χ1v) is 19.5. The molecule has 282 valence electrons. The van der Waals surface area contributed by atoms with Crippen molar-refractivity contribution in [3.63, 3.8) is 0 Å². The summed E-state index contributed by atoms with van der Waals surface area (Å²) in [7, 11) is 0. The van der Waals surface area contributed by atoms with E-state index in [0.29, 0.717) is 22.8 Å². The Kier molecular flexibility index (Phi) is 10.0. The highest BCUT2D eigenvalue weighted by atomic mass is 15.0. The molecule has 0 aliphatic rings. The smallest absolute Gasteiger partial charge is 0.104 e. The highest BCUT2D eigenvalue weighted by Crippen LogP contribution is 2.35. The molecule has 0 radical (unpaired) electrons. The minimum atomic E-state index is 0.368. The molecule has 7 aromatic carbocycles. The second-order valence-electron chi connectivity index (χ2n) is 14.2. The van der Waals surface area contributed by atoms with Gasteiger partial charge in [-0.25, -0.2) is 9.98 Å². The van der Waals surface area contributed by atoms with E-state index in [1.165, 1.54) is 17.0 Å². The van der Waals surface area contributed by atoms with Crippen molar-refractivity contribution in [3.05, 3.63) is 224 Å². The van der Waals surface area contributed by atoms with Crippen LogP contribution < -0.4 is 11.1 Å². The van der Waals surface area contributed by atoms with Crippen LogP contribution in [0.15, 0.2) is 217 Å². The van der Waals surface area contributed by atoms with Crippen LogP contribution in [0.4, 0.5) is 5.69 Å². The van der Waals surface area contributed by atoms with Crippen LogP contribution in [0, 0.1) is 5.41 Å². The molecule has 0 aliphatic carbocycles. The Morgan fingerprint density at radius 3 is 1.76 bits per heavy atom. The average molecular weight is 761 g/mol. The lowest BCUT2D eigenvalue weighted by Gasteiger charge is -2.14. The highest BCUT2D eigenvalue weighted by Gasteiger charge is 2.16. The Morgan fingerprint density at radius 2 is 1.12 bits per heavy atom. The summed E-state index contributed by atoms with van der Waals surface area (Å²) in [6.45, 7) is 4.18. The first-order valence-electron chi connectivity index (χ1n) is 19.5. The number of nitrogens with one attached hydrogen (secondary N) is 2. The molecular formula is C53H40N6. The third-order valence-electron chi connectivity index (χ3n) is 10.5. The molecule has 59 heavy (non-hydrogen) atoms. The number of aliphatic imine (C=N–C) groups is 1. The number of rotatable bonds is 11. The first-order chi connectivity index (χ1) is 29.0. The summed E-state index contributed by atoms with van der Waals surface area (Å²) < 4.78 is 2.33. The summed E-state index contributed by atoms with van der Waals surface area (Å²) in [6, 6.07) is 68.1. The molecule has 9 aromatic rings. The number of anilines is 1. The van der Waals surface area contributed by atoms with E-state index in [1.54, 1.807) is 0 Å². The summed E-state index contributed by atoms with van der Waals surface area (Å²) in [6.07, 6.45) is 1.20. The fraction of sp³-hybridized carbons (Fsp3) is 0. The van der Waals surface area contributed by atoms with Crippen molar-refractivity contribution in [2.45, 2.75) is 0 Å². The molecule has 6 heteroatoms. The molecule has 0 spiro atoms. The lowest BCUT2D eigenvalue weighted by Crippen LogP contribution is -2.12. The van der Waals surface area contributed by atoms with Gasteiger partial charge in [0, 0.05) is 45.1 Å². The summed E-state index contributed by atoms with van der Waals surface area (Å²) in [5.41, 5.74) is 20.6. The number of fused-ring (bicyclic) bond motifs is 3. The zero-order valence-electron chi connectivity index (χ0n) is 32.3. The molecular weight excluding hydrogens is 721 g/mol. The molecule has 0 saturated heterocycles. The first kappa shape index (κ1) is 36.5. The molecule has 0 fully saturated rings. The fourth-order valence-corrected chi connectivity index (χ4v) is 7.53. The Hall–Kier alpha value is -8.09. The largest absolute Gasteiger partial charge is 0.396 e. The van der Waals surface area contributed by atoms with Crippen LogP contribution in [0.3, 0.4) is 0 Å². The van der Waals surface area contributed by atoms with E-state index in [1.807, 2.05) is 91.0 Å². The van der Waals surface area contributed by atoms with E-state index in [9.17, 15) is 0 Å². The molecule has 0 unspecified atom stereocenters. The van der Waals surface area contributed by atoms with Gasteiger partial charge in [0.15, 0.2) is 0 Å². The lowest BCUT2D eigenvalue weighted by atomic mass is 9.98. The minimum Gasteiger partial charge on any atom is -0.396 e. The second-order valence-corrected chi connectivity index (χ2v) is 14.2. The molecule has 0 saturated carbocycles. The van der Waals surface area contributed by atoms with Gasteiger partial charge in [0.1, 0.15) is 5.71 Å². The molecule has 2 aromatic heterocycles. The predicted octanol–water partition coefficient (Wildman–Crippen LogP) is 12.7. The molecule has 0 aliphatic heterocycles. The van der Waals surface area contributed by atoms with Gasteiger partial charge in [-0.2, -0.15) is 0 Å². The number of nitrogens with two attached hydrogens (primary N) is 1. The van der Waals surface area contributed by atoms with Crippen molar-refractivity contribution in [2.75, 3.05) is 5.32 Å². The van der Waals surface area contributed by atoms with Gasteiger partial charge in [-0.15, -0.1) is 0 Å². The van der Waals surface area contributed by atoms with Crippen LogP contribution in [-0.2, 0) is 0 Å². The SMILES string of the molecule is C=C(Nc1ccccc1)/C(C=N)=N\C(=C(/N)c1ccc(-c2cc(-c3ccccc3)nc(-c3cccc(-n4c5ccccc5c5ccccc54)c3)c2)cc1)c1ccccc1. The van der Waals surface area contributed by atoms with Gasteiger partial charge in [0.2, 0.25) is 0 Å². The van der Waals surface area contributed by atoms with Gasteiger partial charge < -0.3 is 21.0 Å². The predicted molar refractivity (Wildman–Crippen MR) is 248 cm³/mol. The van der Waals surface area contributed by atoms with Crippen molar-refractivity contribution in [3.8, 4) is 39.3 Å². The number of allylic oxidation sites excluding steroid dienone is 1. The monoisotopic (exact) mass is 760 g/mol. The zero-order valence-corrected chi connectivity index (χ0v) is 32.3. The zero-order chi connectivity index (χ0) is 40.1. The van der Waals surface area contributed by atoms with E-state index in [4.69, 9.17) is 21.1 Å². The van der Waals surface area contributed by atoms with Crippen molar-refractivity contribution in [2.24, 2.45) is 10.7 Å². The maximum absolute atomic E-state index is 8.23. The second kappa shape index (κ2) is 16.2. The number of pyridine rings is 1. The van der Waals surface area contributed by atoms with Crippen LogP contribution in [0.25, 0.3) is 72.5 Å². The van der Waals surface area contributed by atoms with Gasteiger partial charge in [0.05, 0.1) is 39.5 Å². The third-order valence-corrected chi connectivity index (χ3v) is 10.5. The van der Waals surface area contributed by atoms with E-state index in [2.05, 4.69) is 126 Å². The molecule has 0 amide bonds. The average Bonchev–Trinajstić information content (AvgIpc) is 3.64. The Labute approximate surface area is 343 Å². The minimum absolute atomic E-state index is 0.368. The molecule has 4 N–H and O–H groups in total. The van der Waals surface area contributed by atoms with E-state index < -0.39 is 0 Å². The van der Waals surface area contributed by atoms with Crippen molar-refractivity contribution in [1.29, 1.82) is 5.41 Å². The van der Waals surface area contributed by atoms with Crippen LogP contribution >= 0.6 is 0 Å². The fourth-order valence-electron chi connectivity index (χ4n) is 7.53. The Morgan fingerprint density at radius 1 is 0.559 bits per heavy atom. The number of para-hydroxylation sites is 3. The summed E-state index contributed by atoms with van der Waals surface area (Å²) in [5.74, 6) is 0. The quantitative estimate of drug-likeness (QED) is 0.0905. The van der Waals surface area contributed by atoms with E-state index >= 15 is 0 Å². The topological polar surface area (TPSA) is 92.1 Å². The maximum atomic E-state index is 8.23. The Bertz CT molecular complexity index is 2980. The van der Waals surface area contributed by atoms with Crippen molar-refractivity contribution in [1.82, 2.24) is 9.55 Å². The lowest BCUT2D eigenvalue weighted by molar-refractivity contribution is 1.18. The van der Waals surface area contributed by atoms with Gasteiger partial charge in [-0.3, -0.25) is 0 Å². The van der Waals surface area contributed by atoms with Crippen molar-refractivity contribution < 1.29 is 0 Å². The molecule has 9 rings (SSSR count). The third kappa shape index (κ3) is 7.46. The summed E-state index contributed by atoms with van der Waals surface area (Å²) in [5, 5.41) is 13.9. The van der Waals surface area contributed by atoms with E-state index in [-0.39, 0.29) is 0 Å².